The maximum Gasteiger partial charge on any atom is 0.493 e. The molecular formula is C23H25F3N6O3. The molecule has 4 rings (SSSR count). The fourth-order valence-electron chi connectivity index (χ4n) is 4.13. The third-order valence-electron chi connectivity index (χ3n) is 5.85. The van der Waals surface area contributed by atoms with E-state index in [-0.39, 0.29) is 24.5 Å². The summed E-state index contributed by atoms with van der Waals surface area (Å²) in [6, 6.07) is 9.23. The number of hydroxylamine groups is 1. The van der Waals surface area contributed by atoms with Crippen LogP contribution in [-0.2, 0) is 23.1 Å². The smallest absolute Gasteiger partial charge is 0.327 e. The molecule has 1 saturated heterocycles. The number of anilines is 2. The molecule has 2 aliphatic heterocycles. The molecule has 1 fully saturated rings. The maximum atomic E-state index is 13.5. The lowest BCUT2D eigenvalue weighted by molar-refractivity contribution is -0.203. The van der Waals surface area contributed by atoms with Gasteiger partial charge in [-0.15, -0.1) is 11.0 Å². The Hall–Kier alpha value is -3.56. The van der Waals surface area contributed by atoms with Gasteiger partial charge in [-0.25, -0.2) is 9.78 Å². The second-order valence-corrected chi connectivity index (χ2v) is 8.12. The largest absolute Gasteiger partial charge is 0.493 e. The van der Waals surface area contributed by atoms with Crippen LogP contribution in [0.1, 0.15) is 18.3 Å². The summed E-state index contributed by atoms with van der Waals surface area (Å²) >= 11 is 0. The van der Waals surface area contributed by atoms with Gasteiger partial charge in [-0.05, 0) is 12.5 Å². The topological polar surface area (TPSA) is 82.9 Å². The molecule has 0 saturated carbocycles. The third kappa shape index (κ3) is 4.96. The van der Waals surface area contributed by atoms with Crippen LogP contribution in [0.4, 0.5) is 24.7 Å². The standard InChI is InChI=1S/C23H25F3N6O3/c1-3-4-12-31-18-19(28-17(29(2)20(18)33)15-16-8-6-5-7-9-16)32(35-21(34)23(24,25)26)22(31)30-13-10-27-11-14-30/h5-9,22,27H,10-15H2,1-2H3. The summed E-state index contributed by atoms with van der Waals surface area (Å²) in [6.45, 7) is 3.71. The fourth-order valence-corrected chi connectivity index (χ4v) is 4.13. The summed E-state index contributed by atoms with van der Waals surface area (Å²) < 4.78 is 41.0. The molecule has 12 heteroatoms. The second-order valence-electron chi connectivity index (χ2n) is 8.12. The predicted molar refractivity (Wildman–Crippen MR) is 122 cm³/mol. The van der Waals surface area contributed by atoms with E-state index in [1.807, 2.05) is 35.2 Å². The van der Waals surface area contributed by atoms with Gasteiger partial charge < -0.3 is 15.1 Å². The Morgan fingerprint density at radius 2 is 1.91 bits per heavy atom. The number of benzene rings is 1. The first-order chi connectivity index (χ1) is 16.7. The predicted octanol–water partition coefficient (Wildman–Crippen LogP) is 1.23. The average molecular weight is 490 g/mol. The summed E-state index contributed by atoms with van der Waals surface area (Å²) in [5.74, 6) is 3.41. The van der Waals surface area contributed by atoms with Gasteiger partial charge in [0.2, 0.25) is 0 Å². The zero-order valence-electron chi connectivity index (χ0n) is 19.3. The second kappa shape index (κ2) is 9.97. The summed E-state index contributed by atoms with van der Waals surface area (Å²) in [7, 11) is 1.56. The van der Waals surface area contributed by atoms with Gasteiger partial charge in [0.05, 0.1) is 6.54 Å². The van der Waals surface area contributed by atoms with Crippen molar-refractivity contribution >= 4 is 17.5 Å². The van der Waals surface area contributed by atoms with Gasteiger partial charge in [-0.3, -0.25) is 14.3 Å². The lowest BCUT2D eigenvalue weighted by Gasteiger charge is -2.40. The van der Waals surface area contributed by atoms with E-state index >= 15 is 0 Å². The minimum absolute atomic E-state index is 0.0329. The Bertz CT molecular complexity index is 1200. The van der Waals surface area contributed by atoms with Gasteiger partial charge >= 0.3 is 12.1 Å². The van der Waals surface area contributed by atoms with Crippen LogP contribution < -0.4 is 20.8 Å². The quantitative estimate of drug-likeness (QED) is 0.627. The van der Waals surface area contributed by atoms with Gasteiger partial charge in [0.15, 0.2) is 17.8 Å². The van der Waals surface area contributed by atoms with Gasteiger partial charge in [-0.1, -0.05) is 36.3 Å². The van der Waals surface area contributed by atoms with Crippen molar-refractivity contribution in [3.8, 4) is 11.8 Å². The van der Waals surface area contributed by atoms with Crippen LogP contribution in [0.2, 0.25) is 0 Å². The average Bonchev–Trinajstić information content (AvgIpc) is 3.14. The molecule has 1 atom stereocenters. The summed E-state index contributed by atoms with van der Waals surface area (Å²) in [6.07, 6.45) is -5.97. The number of hydrogen-bond donors (Lipinski definition) is 1. The Morgan fingerprint density at radius 3 is 2.54 bits per heavy atom. The van der Waals surface area contributed by atoms with Gasteiger partial charge in [-0.2, -0.15) is 13.2 Å². The Kier molecular flexibility index (Phi) is 7.00. The first-order valence-corrected chi connectivity index (χ1v) is 11.1. The van der Waals surface area contributed by atoms with Crippen LogP contribution in [-0.4, -0.2) is 65.6 Å². The number of hydrogen-bond acceptors (Lipinski definition) is 8. The maximum absolute atomic E-state index is 13.5. The summed E-state index contributed by atoms with van der Waals surface area (Å²) in [5, 5.41) is 3.99. The van der Waals surface area contributed by atoms with Crippen LogP contribution in [0, 0.1) is 11.8 Å². The summed E-state index contributed by atoms with van der Waals surface area (Å²) in [5.41, 5.74) is 0.425. The lowest BCUT2D eigenvalue weighted by Crippen LogP contribution is -2.61. The Balaban J connectivity index is 1.85. The number of aromatic nitrogens is 2. The highest BCUT2D eigenvalue weighted by Gasteiger charge is 2.50. The SMILES string of the molecule is CC#CCN1c2c(nc(Cc3ccccc3)n(C)c2=O)N(OC(=O)C(F)(F)F)C1N1CCNCC1. The molecule has 1 unspecified atom stereocenters. The highest BCUT2D eigenvalue weighted by atomic mass is 19.4. The molecule has 186 valence electrons. The van der Waals surface area contributed by atoms with Crippen LogP contribution >= 0.6 is 0 Å². The molecule has 9 nitrogen and oxygen atoms in total. The van der Waals surface area contributed by atoms with Crippen LogP contribution in [0.3, 0.4) is 0 Å². The zero-order valence-corrected chi connectivity index (χ0v) is 19.3. The van der Waals surface area contributed by atoms with Crippen molar-refractivity contribution in [3.05, 3.63) is 52.1 Å². The number of rotatable bonds is 5. The number of carbonyl (C=O) groups excluding carboxylic acids is 1. The number of piperazine rings is 1. The van der Waals surface area contributed by atoms with Crippen LogP contribution in [0.15, 0.2) is 35.1 Å². The van der Waals surface area contributed by atoms with Gasteiger partial charge in [0.25, 0.3) is 5.56 Å². The van der Waals surface area contributed by atoms with Crippen molar-refractivity contribution in [2.24, 2.45) is 7.05 Å². The third-order valence-corrected chi connectivity index (χ3v) is 5.85. The monoisotopic (exact) mass is 490 g/mol. The number of halogens is 3. The molecular weight excluding hydrogens is 465 g/mol. The van der Waals surface area contributed by atoms with E-state index < -0.39 is 24.0 Å². The first-order valence-electron chi connectivity index (χ1n) is 11.1. The summed E-state index contributed by atoms with van der Waals surface area (Å²) in [4.78, 5) is 38.2. The van der Waals surface area contributed by atoms with Gasteiger partial charge in [0, 0.05) is 39.6 Å². The van der Waals surface area contributed by atoms with Crippen molar-refractivity contribution in [3.63, 3.8) is 0 Å². The normalized spacial score (nSPS) is 18.1. The highest BCUT2D eigenvalue weighted by Crippen LogP contribution is 2.38. The number of alkyl halides is 3. The van der Waals surface area contributed by atoms with Crippen LogP contribution in [0.25, 0.3) is 0 Å². The Morgan fingerprint density at radius 1 is 1.23 bits per heavy atom. The minimum atomic E-state index is -5.22. The highest BCUT2D eigenvalue weighted by molar-refractivity contribution is 5.80. The molecule has 0 radical (unpaired) electrons. The van der Waals surface area contributed by atoms with Crippen molar-refractivity contribution < 1.29 is 22.8 Å². The molecule has 0 amide bonds. The molecule has 35 heavy (non-hydrogen) atoms. The Labute approximate surface area is 200 Å². The van der Waals surface area contributed by atoms with E-state index in [9.17, 15) is 22.8 Å². The van der Waals surface area contributed by atoms with E-state index in [1.54, 1.807) is 18.9 Å². The van der Waals surface area contributed by atoms with E-state index in [0.717, 1.165) is 10.6 Å². The van der Waals surface area contributed by atoms with Crippen molar-refractivity contribution in [2.75, 3.05) is 42.7 Å². The molecule has 2 aromatic rings. The minimum Gasteiger partial charge on any atom is -0.327 e. The number of fused-ring (bicyclic) bond motifs is 1. The van der Waals surface area contributed by atoms with Crippen molar-refractivity contribution in [1.82, 2.24) is 19.8 Å². The molecule has 3 heterocycles. The number of carbonyl (C=O) groups is 1. The molecule has 1 N–H and O–H groups in total. The lowest BCUT2D eigenvalue weighted by atomic mass is 10.1. The zero-order chi connectivity index (χ0) is 25.2. The van der Waals surface area contributed by atoms with E-state index in [0.29, 0.717) is 32.0 Å². The van der Waals surface area contributed by atoms with Crippen LogP contribution in [0.5, 0.6) is 0 Å². The molecule has 0 bridgehead atoms. The van der Waals surface area contributed by atoms with E-state index in [2.05, 4.69) is 22.1 Å². The van der Waals surface area contributed by atoms with Crippen molar-refractivity contribution in [2.45, 2.75) is 25.8 Å². The molecule has 0 aliphatic carbocycles. The van der Waals surface area contributed by atoms with E-state index in [1.165, 1.54) is 4.57 Å². The molecule has 2 aliphatic rings. The van der Waals surface area contributed by atoms with Crippen molar-refractivity contribution in [1.29, 1.82) is 0 Å². The molecule has 0 spiro atoms. The molecule has 1 aromatic heterocycles. The van der Waals surface area contributed by atoms with E-state index in [4.69, 9.17) is 4.84 Å². The first kappa shape index (κ1) is 24.6. The van der Waals surface area contributed by atoms with Gasteiger partial charge in [0.1, 0.15) is 5.82 Å². The molecule has 1 aromatic carbocycles. The number of nitrogens with zero attached hydrogens (tertiary/aromatic N) is 5. The fraction of sp³-hybridized carbons (Fsp3) is 0.435. The number of nitrogens with one attached hydrogen (secondary N) is 1.